The third-order valence-corrected chi connectivity index (χ3v) is 4.27. The van der Waals surface area contributed by atoms with Gasteiger partial charge in [0.2, 0.25) is 0 Å². The van der Waals surface area contributed by atoms with E-state index in [1.165, 1.54) is 11.1 Å². The van der Waals surface area contributed by atoms with Gasteiger partial charge in [-0.05, 0) is 43.4 Å². The highest BCUT2D eigenvalue weighted by molar-refractivity contribution is 5.39. The van der Waals surface area contributed by atoms with Gasteiger partial charge in [-0.1, -0.05) is 12.1 Å². The molecule has 0 aliphatic carbocycles. The smallest absolute Gasteiger partial charge is 0.122 e. The second-order valence-electron chi connectivity index (χ2n) is 5.90. The molecular formula is C16H22O3. The number of benzene rings is 1. The van der Waals surface area contributed by atoms with E-state index in [1.807, 2.05) is 6.92 Å². The lowest BCUT2D eigenvalue weighted by Gasteiger charge is -2.35. The molecule has 2 aliphatic heterocycles. The van der Waals surface area contributed by atoms with Crippen molar-refractivity contribution in [2.75, 3.05) is 13.2 Å². The first kappa shape index (κ1) is 12.9. The Morgan fingerprint density at radius 1 is 1.37 bits per heavy atom. The maximum atomic E-state index is 10.6. The average Bonchev–Trinajstić information content (AvgIpc) is 2.83. The summed E-state index contributed by atoms with van der Waals surface area (Å²) in [6.45, 7) is 3.52. The van der Waals surface area contributed by atoms with Gasteiger partial charge in [0.15, 0.2) is 0 Å². The molecule has 104 valence electrons. The topological polar surface area (TPSA) is 38.7 Å². The quantitative estimate of drug-likeness (QED) is 0.909. The Kier molecular flexibility index (Phi) is 3.50. The fraction of sp³-hybridized carbons (Fsp3) is 0.625. The van der Waals surface area contributed by atoms with Crippen molar-refractivity contribution >= 4 is 0 Å². The van der Waals surface area contributed by atoms with Gasteiger partial charge in [-0.3, -0.25) is 0 Å². The summed E-state index contributed by atoms with van der Waals surface area (Å²) in [5.74, 6) is 1.03. The van der Waals surface area contributed by atoms with Crippen LogP contribution in [0.5, 0.6) is 5.75 Å². The van der Waals surface area contributed by atoms with Crippen molar-refractivity contribution in [3.63, 3.8) is 0 Å². The van der Waals surface area contributed by atoms with Crippen molar-refractivity contribution in [3.8, 4) is 5.75 Å². The zero-order valence-electron chi connectivity index (χ0n) is 11.5. The Labute approximate surface area is 114 Å². The van der Waals surface area contributed by atoms with Gasteiger partial charge < -0.3 is 14.6 Å². The van der Waals surface area contributed by atoms with Crippen molar-refractivity contribution in [1.29, 1.82) is 0 Å². The molecule has 2 atom stereocenters. The highest BCUT2D eigenvalue weighted by atomic mass is 16.5. The molecule has 1 fully saturated rings. The second kappa shape index (κ2) is 5.14. The van der Waals surface area contributed by atoms with Crippen LogP contribution in [-0.2, 0) is 17.6 Å². The highest BCUT2D eigenvalue weighted by Crippen LogP contribution is 2.31. The summed E-state index contributed by atoms with van der Waals surface area (Å²) in [5, 5.41) is 10.6. The molecule has 2 unspecified atom stereocenters. The van der Waals surface area contributed by atoms with E-state index < -0.39 is 5.60 Å². The summed E-state index contributed by atoms with van der Waals surface area (Å²) in [5.41, 5.74) is 2.06. The van der Waals surface area contributed by atoms with Crippen molar-refractivity contribution in [2.45, 2.75) is 50.7 Å². The third-order valence-electron chi connectivity index (χ3n) is 4.27. The summed E-state index contributed by atoms with van der Waals surface area (Å²) in [6.07, 6.45) is 4.44. The maximum Gasteiger partial charge on any atom is 0.122 e. The first-order valence-corrected chi connectivity index (χ1v) is 7.23. The van der Waals surface area contributed by atoms with E-state index in [4.69, 9.17) is 9.47 Å². The summed E-state index contributed by atoms with van der Waals surface area (Å²) < 4.78 is 11.0. The van der Waals surface area contributed by atoms with Crippen LogP contribution in [0.4, 0.5) is 0 Å². The molecule has 2 heterocycles. The molecule has 3 rings (SSSR count). The lowest BCUT2D eigenvalue weighted by molar-refractivity contribution is -0.100. The van der Waals surface area contributed by atoms with Crippen molar-refractivity contribution in [3.05, 3.63) is 29.3 Å². The maximum absolute atomic E-state index is 10.6. The predicted molar refractivity (Wildman–Crippen MR) is 73.6 cm³/mol. The van der Waals surface area contributed by atoms with Crippen molar-refractivity contribution in [1.82, 2.24) is 0 Å². The van der Waals surface area contributed by atoms with Crippen LogP contribution >= 0.6 is 0 Å². The molecule has 0 amide bonds. The van der Waals surface area contributed by atoms with E-state index in [2.05, 4.69) is 18.2 Å². The van der Waals surface area contributed by atoms with Gasteiger partial charge in [-0.15, -0.1) is 0 Å². The average molecular weight is 262 g/mol. The van der Waals surface area contributed by atoms with Crippen molar-refractivity contribution in [2.24, 2.45) is 0 Å². The number of aryl methyl sites for hydroxylation is 1. The summed E-state index contributed by atoms with van der Waals surface area (Å²) >= 11 is 0. The fourth-order valence-corrected chi connectivity index (χ4v) is 3.15. The molecular weight excluding hydrogens is 240 g/mol. The van der Waals surface area contributed by atoms with Gasteiger partial charge in [-0.2, -0.15) is 0 Å². The van der Waals surface area contributed by atoms with Crippen LogP contribution in [0, 0.1) is 0 Å². The molecule has 1 N–H and O–H groups in total. The summed E-state index contributed by atoms with van der Waals surface area (Å²) in [6, 6.07) is 6.42. The van der Waals surface area contributed by atoms with E-state index >= 15 is 0 Å². The van der Waals surface area contributed by atoms with Crippen LogP contribution in [0.15, 0.2) is 18.2 Å². The number of fused-ring (bicyclic) bond motifs is 1. The minimum atomic E-state index is -0.548. The number of hydrogen-bond donors (Lipinski definition) is 1. The van der Waals surface area contributed by atoms with Gasteiger partial charge in [0, 0.05) is 19.4 Å². The molecule has 0 spiro atoms. The Bertz CT molecular complexity index is 457. The van der Waals surface area contributed by atoms with Crippen LogP contribution in [-0.4, -0.2) is 30.0 Å². The van der Waals surface area contributed by atoms with Gasteiger partial charge in [-0.25, -0.2) is 0 Å². The summed E-state index contributed by atoms with van der Waals surface area (Å²) in [7, 11) is 0. The standard InChI is InChI=1S/C16H22O3/c1-12-11-16(17,7-9-18-12)6-4-13-2-3-15-14(10-13)5-8-19-15/h2-3,10,12,17H,4-9,11H2,1H3. The number of ether oxygens (including phenoxy) is 2. The number of aliphatic hydroxyl groups is 1. The molecule has 0 radical (unpaired) electrons. The molecule has 0 bridgehead atoms. The molecule has 2 aliphatic rings. The molecule has 1 saturated heterocycles. The van der Waals surface area contributed by atoms with Gasteiger partial charge in [0.1, 0.15) is 5.75 Å². The zero-order chi connectivity index (χ0) is 13.3. The van der Waals surface area contributed by atoms with E-state index in [-0.39, 0.29) is 6.10 Å². The van der Waals surface area contributed by atoms with Gasteiger partial charge in [0.25, 0.3) is 0 Å². The van der Waals surface area contributed by atoms with E-state index in [0.717, 1.165) is 44.5 Å². The SMILES string of the molecule is CC1CC(O)(CCc2ccc3c(c2)CCO3)CCO1. The van der Waals surface area contributed by atoms with E-state index in [1.54, 1.807) is 0 Å². The lowest BCUT2D eigenvalue weighted by Crippen LogP contribution is -2.40. The van der Waals surface area contributed by atoms with Crippen LogP contribution in [0.25, 0.3) is 0 Å². The van der Waals surface area contributed by atoms with Crippen LogP contribution in [0.3, 0.4) is 0 Å². The monoisotopic (exact) mass is 262 g/mol. The lowest BCUT2D eigenvalue weighted by atomic mass is 9.85. The normalized spacial score (nSPS) is 29.9. The second-order valence-corrected chi connectivity index (χ2v) is 5.90. The van der Waals surface area contributed by atoms with Gasteiger partial charge >= 0.3 is 0 Å². The minimum Gasteiger partial charge on any atom is -0.493 e. The largest absolute Gasteiger partial charge is 0.493 e. The number of hydrogen-bond acceptors (Lipinski definition) is 3. The van der Waals surface area contributed by atoms with Crippen LogP contribution in [0.1, 0.15) is 37.3 Å². The molecule has 3 heteroatoms. The van der Waals surface area contributed by atoms with Gasteiger partial charge in [0.05, 0.1) is 18.3 Å². The molecule has 1 aromatic carbocycles. The predicted octanol–water partition coefficient (Wildman–Crippen LogP) is 2.48. The highest BCUT2D eigenvalue weighted by Gasteiger charge is 2.32. The summed E-state index contributed by atoms with van der Waals surface area (Å²) in [4.78, 5) is 0. The first-order chi connectivity index (χ1) is 9.15. The zero-order valence-corrected chi connectivity index (χ0v) is 11.5. The Balaban J connectivity index is 1.62. The molecule has 19 heavy (non-hydrogen) atoms. The van der Waals surface area contributed by atoms with E-state index in [9.17, 15) is 5.11 Å². The molecule has 1 aromatic rings. The first-order valence-electron chi connectivity index (χ1n) is 7.23. The Hall–Kier alpha value is -1.06. The fourth-order valence-electron chi connectivity index (χ4n) is 3.15. The van der Waals surface area contributed by atoms with E-state index in [0.29, 0.717) is 6.61 Å². The molecule has 3 nitrogen and oxygen atoms in total. The number of rotatable bonds is 3. The molecule has 0 saturated carbocycles. The van der Waals surface area contributed by atoms with Crippen LogP contribution in [0.2, 0.25) is 0 Å². The molecule has 0 aromatic heterocycles. The minimum absolute atomic E-state index is 0.173. The third kappa shape index (κ3) is 2.93. The van der Waals surface area contributed by atoms with Crippen molar-refractivity contribution < 1.29 is 14.6 Å². The Morgan fingerprint density at radius 3 is 3.11 bits per heavy atom. The van der Waals surface area contributed by atoms with Crippen LogP contribution < -0.4 is 4.74 Å². The Morgan fingerprint density at radius 2 is 2.26 bits per heavy atom.